The van der Waals surface area contributed by atoms with Gasteiger partial charge >= 0.3 is 12.0 Å². The Kier molecular flexibility index (Phi) is 5.98. The zero-order valence-electron chi connectivity index (χ0n) is 11.6. The van der Waals surface area contributed by atoms with E-state index >= 15 is 0 Å². The van der Waals surface area contributed by atoms with Gasteiger partial charge in [0.1, 0.15) is 6.54 Å². The number of rotatable bonds is 5. The van der Waals surface area contributed by atoms with Crippen LogP contribution in [-0.4, -0.2) is 48.1 Å². The molecule has 0 aliphatic rings. The Bertz CT molecular complexity index is 562. The number of halogens is 1. The number of carbonyl (C=O) groups excluding carboxylic acids is 2. The molecule has 1 aromatic carbocycles. The zero-order valence-corrected chi connectivity index (χ0v) is 12.4. The van der Waals surface area contributed by atoms with Gasteiger partial charge in [-0.3, -0.25) is 4.79 Å². The molecule has 0 unspecified atom stereocenters. The molecule has 0 radical (unpaired) electrons. The van der Waals surface area contributed by atoms with E-state index in [1.54, 1.807) is 6.92 Å². The Balaban J connectivity index is 2.86. The van der Waals surface area contributed by atoms with E-state index in [-0.39, 0.29) is 28.7 Å². The van der Waals surface area contributed by atoms with Crippen LogP contribution in [0.15, 0.2) is 18.2 Å². The lowest BCUT2D eigenvalue weighted by molar-refractivity contribution is -0.121. The van der Waals surface area contributed by atoms with Crippen molar-refractivity contribution in [3.05, 3.63) is 28.8 Å². The van der Waals surface area contributed by atoms with Gasteiger partial charge in [0.15, 0.2) is 0 Å². The Morgan fingerprint density at radius 2 is 1.95 bits per heavy atom. The first-order chi connectivity index (χ1) is 9.87. The first-order valence-corrected chi connectivity index (χ1v) is 6.55. The van der Waals surface area contributed by atoms with Crippen molar-refractivity contribution in [1.29, 1.82) is 0 Å². The lowest BCUT2D eigenvalue weighted by atomic mass is 10.2. The highest BCUT2D eigenvalue weighted by Crippen LogP contribution is 2.19. The van der Waals surface area contributed by atoms with Crippen molar-refractivity contribution >= 4 is 35.2 Å². The van der Waals surface area contributed by atoms with E-state index in [0.29, 0.717) is 6.54 Å². The standard InChI is InChI=1S/C13H16ClN3O4/c1-3-17(7-11(18)15-2)13(21)16-10-5-8(12(19)20)4-9(14)6-10/h4-6H,3,7H2,1-2H3,(H,15,18)(H,16,21)(H,19,20). The minimum absolute atomic E-state index is 0.0350. The minimum atomic E-state index is -1.15. The van der Waals surface area contributed by atoms with E-state index in [2.05, 4.69) is 10.6 Å². The maximum absolute atomic E-state index is 12.0. The largest absolute Gasteiger partial charge is 0.478 e. The molecular formula is C13H16ClN3O4. The highest BCUT2D eigenvalue weighted by molar-refractivity contribution is 6.31. The molecular weight excluding hydrogens is 298 g/mol. The van der Waals surface area contributed by atoms with Crippen LogP contribution in [0.5, 0.6) is 0 Å². The Morgan fingerprint density at radius 3 is 2.48 bits per heavy atom. The first-order valence-electron chi connectivity index (χ1n) is 6.17. The van der Waals surface area contributed by atoms with Crippen LogP contribution in [0.3, 0.4) is 0 Å². The van der Waals surface area contributed by atoms with Crippen molar-refractivity contribution in [1.82, 2.24) is 10.2 Å². The minimum Gasteiger partial charge on any atom is -0.478 e. The van der Waals surface area contributed by atoms with Crippen LogP contribution in [0, 0.1) is 0 Å². The summed E-state index contributed by atoms with van der Waals surface area (Å²) in [5.41, 5.74) is 0.215. The molecule has 114 valence electrons. The van der Waals surface area contributed by atoms with Crippen molar-refractivity contribution in [2.75, 3.05) is 25.5 Å². The number of nitrogens with one attached hydrogen (secondary N) is 2. The SMILES string of the molecule is CCN(CC(=O)NC)C(=O)Nc1cc(Cl)cc(C(=O)O)c1. The molecule has 0 saturated carbocycles. The molecule has 0 aliphatic carbocycles. The van der Waals surface area contributed by atoms with E-state index < -0.39 is 12.0 Å². The summed E-state index contributed by atoms with van der Waals surface area (Å²) in [6.45, 7) is 1.96. The van der Waals surface area contributed by atoms with Crippen LogP contribution < -0.4 is 10.6 Å². The summed E-state index contributed by atoms with van der Waals surface area (Å²) >= 11 is 5.81. The second kappa shape index (κ2) is 7.49. The summed E-state index contributed by atoms with van der Waals surface area (Å²) in [6.07, 6.45) is 0. The van der Waals surface area contributed by atoms with Crippen LogP contribution in [-0.2, 0) is 4.79 Å². The number of carbonyl (C=O) groups is 3. The van der Waals surface area contributed by atoms with Gasteiger partial charge in [0.2, 0.25) is 5.91 Å². The number of amides is 3. The summed E-state index contributed by atoms with van der Waals surface area (Å²) in [7, 11) is 1.48. The number of benzene rings is 1. The van der Waals surface area contributed by atoms with E-state index in [9.17, 15) is 14.4 Å². The monoisotopic (exact) mass is 313 g/mol. The van der Waals surface area contributed by atoms with Gasteiger partial charge in [-0.25, -0.2) is 9.59 Å². The number of likely N-dealkylation sites (N-methyl/N-ethyl adjacent to an activating group) is 2. The number of urea groups is 1. The average molecular weight is 314 g/mol. The molecule has 0 spiro atoms. The molecule has 0 aromatic heterocycles. The van der Waals surface area contributed by atoms with Gasteiger partial charge in [-0.2, -0.15) is 0 Å². The normalized spacial score (nSPS) is 9.86. The molecule has 0 bridgehead atoms. The van der Waals surface area contributed by atoms with Crippen molar-refractivity contribution in [3.63, 3.8) is 0 Å². The van der Waals surface area contributed by atoms with E-state index in [0.717, 1.165) is 0 Å². The van der Waals surface area contributed by atoms with Crippen molar-refractivity contribution < 1.29 is 19.5 Å². The second-order valence-corrected chi connectivity index (χ2v) is 4.59. The van der Waals surface area contributed by atoms with E-state index in [1.807, 2.05) is 0 Å². The number of nitrogens with zero attached hydrogens (tertiary/aromatic N) is 1. The molecule has 0 fully saturated rings. The van der Waals surface area contributed by atoms with E-state index in [4.69, 9.17) is 16.7 Å². The third-order valence-electron chi connectivity index (χ3n) is 2.68. The maximum Gasteiger partial charge on any atom is 0.335 e. The third-order valence-corrected chi connectivity index (χ3v) is 2.90. The first kappa shape index (κ1) is 16.8. The summed E-state index contributed by atoms with van der Waals surface area (Å²) in [5, 5.41) is 14.1. The van der Waals surface area contributed by atoms with Gasteiger partial charge < -0.3 is 20.6 Å². The number of anilines is 1. The molecule has 1 aromatic rings. The van der Waals surface area contributed by atoms with Gasteiger partial charge in [-0.15, -0.1) is 0 Å². The maximum atomic E-state index is 12.0. The quantitative estimate of drug-likeness (QED) is 0.769. The molecule has 7 nitrogen and oxygen atoms in total. The highest BCUT2D eigenvalue weighted by Gasteiger charge is 2.16. The molecule has 0 aliphatic heterocycles. The lowest BCUT2D eigenvalue weighted by Crippen LogP contribution is -2.41. The fraction of sp³-hybridized carbons (Fsp3) is 0.308. The van der Waals surface area contributed by atoms with Crippen LogP contribution >= 0.6 is 11.6 Å². The average Bonchev–Trinajstić information content (AvgIpc) is 2.43. The van der Waals surface area contributed by atoms with Gasteiger partial charge in [-0.1, -0.05) is 11.6 Å². The molecule has 3 amide bonds. The van der Waals surface area contributed by atoms with Gasteiger partial charge in [0.25, 0.3) is 0 Å². The molecule has 0 atom stereocenters. The Hall–Kier alpha value is -2.28. The topological polar surface area (TPSA) is 98.7 Å². The van der Waals surface area contributed by atoms with Crippen molar-refractivity contribution in [3.8, 4) is 0 Å². The predicted octanol–water partition coefficient (Wildman–Crippen LogP) is 1.64. The lowest BCUT2D eigenvalue weighted by Gasteiger charge is -2.20. The summed E-state index contributed by atoms with van der Waals surface area (Å²) < 4.78 is 0. The summed E-state index contributed by atoms with van der Waals surface area (Å²) in [5.74, 6) is -1.45. The predicted molar refractivity (Wildman–Crippen MR) is 78.7 cm³/mol. The molecule has 3 N–H and O–H groups in total. The number of carboxylic acid groups (broad SMARTS) is 1. The number of hydrogen-bond acceptors (Lipinski definition) is 3. The Labute approximate surface area is 126 Å². The number of carboxylic acids is 1. The Morgan fingerprint density at radius 1 is 1.29 bits per heavy atom. The zero-order chi connectivity index (χ0) is 16.0. The fourth-order valence-electron chi connectivity index (χ4n) is 1.57. The van der Waals surface area contributed by atoms with Gasteiger partial charge in [0.05, 0.1) is 5.56 Å². The van der Waals surface area contributed by atoms with Crippen LogP contribution in [0.4, 0.5) is 10.5 Å². The molecule has 0 heterocycles. The summed E-state index contributed by atoms with van der Waals surface area (Å²) in [4.78, 5) is 35.5. The second-order valence-electron chi connectivity index (χ2n) is 4.15. The number of hydrogen-bond donors (Lipinski definition) is 3. The molecule has 21 heavy (non-hydrogen) atoms. The smallest absolute Gasteiger partial charge is 0.335 e. The number of aromatic carboxylic acids is 1. The van der Waals surface area contributed by atoms with Crippen LogP contribution in [0.1, 0.15) is 17.3 Å². The van der Waals surface area contributed by atoms with Crippen LogP contribution in [0.2, 0.25) is 5.02 Å². The molecule has 8 heteroatoms. The fourth-order valence-corrected chi connectivity index (χ4v) is 1.80. The van der Waals surface area contributed by atoms with Gasteiger partial charge in [-0.05, 0) is 25.1 Å². The van der Waals surface area contributed by atoms with Crippen LogP contribution in [0.25, 0.3) is 0 Å². The molecule has 1 rings (SSSR count). The van der Waals surface area contributed by atoms with E-state index in [1.165, 1.54) is 30.1 Å². The highest BCUT2D eigenvalue weighted by atomic mass is 35.5. The van der Waals surface area contributed by atoms with Crippen molar-refractivity contribution in [2.45, 2.75) is 6.92 Å². The third kappa shape index (κ3) is 4.96. The van der Waals surface area contributed by atoms with Crippen molar-refractivity contribution in [2.24, 2.45) is 0 Å². The molecule has 0 saturated heterocycles. The summed E-state index contributed by atoms with van der Waals surface area (Å²) in [6, 6.07) is 3.49. The van der Waals surface area contributed by atoms with Gasteiger partial charge in [0, 0.05) is 24.3 Å².